The summed E-state index contributed by atoms with van der Waals surface area (Å²) in [4.78, 5) is 13.7. The van der Waals surface area contributed by atoms with Crippen LogP contribution in [0, 0.1) is 0 Å². The van der Waals surface area contributed by atoms with E-state index >= 15 is 0 Å². The molecular weight excluding hydrogens is 611 g/mol. The van der Waals surface area contributed by atoms with Gasteiger partial charge in [-0.3, -0.25) is 4.79 Å². The molecule has 9 nitrogen and oxygen atoms in total. The van der Waals surface area contributed by atoms with Crippen LogP contribution >= 0.6 is 0 Å². The Balaban J connectivity index is 1.63. The van der Waals surface area contributed by atoms with Crippen molar-refractivity contribution in [2.45, 2.75) is 82.1 Å². The van der Waals surface area contributed by atoms with Gasteiger partial charge in [-0.25, -0.2) is 8.42 Å². The van der Waals surface area contributed by atoms with Crippen molar-refractivity contribution in [3.8, 4) is 5.75 Å². The molecule has 45 heavy (non-hydrogen) atoms. The number of halogens is 3. The highest BCUT2D eigenvalue weighted by molar-refractivity contribution is 7.89. The predicted octanol–water partition coefficient (Wildman–Crippen LogP) is 4.20. The van der Waals surface area contributed by atoms with Gasteiger partial charge in [0, 0.05) is 19.6 Å². The summed E-state index contributed by atoms with van der Waals surface area (Å²) in [5.41, 5.74) is 2.81. The molecule has 3 N–H and O–H groups in total. The van der Waals surface area contributed by atoms with Crippen molar-refractivity contribution in [3.05, 3.63) is 77.4 Å². The number of ether oxygens (including phenoxy) is 2. The maximum atomic E-state index is 13.7. The van der Waals surface area contributed by atoms with Crippen LogP contribution in [0.25, 0.3) is 0 Å². The number of fused-ring (bicyclic) bond motifs is 5. The first-order valence-electron chi connectivity index (χ1n) is 15.1. The van der Waals surface area contributed by atoms with E-state index in [-0.39, 0.29) is 44.2 Å². The average Bonchev–Trinajstić information content (AvgIpc) is 3.31. The van der Waals surface area contributed by atoms with Crippen LogP contribution in [0.2, 0.25) is 0 Å². The maximum Gasteiger partial charge on any atom is 0.390 e. The Morgan fingerprint density at radius 1 is 1.11 bits per heavy atom. The summed E-state index contributed by atoms with van der Waals surface area (Å²) in [7, 11) is -3.35. The van der Waals surface area contributed by atoms with Crippen LogP contribution in [0.5, 0.6) is 5.75 Å². The van der Waals surface area contributed by atoms with Gasteiger partial charge in [-0.1, -0.05) is 48.6 Å². The number of nitrogens with zero attached hydrogens (tertiary/aromatic N) is 1. The third-order valence-electron chi connectivity index (χ3n) is 8.01. The average molecular weight is 654 g/mol. The molecular formula is C32H42F3N3O6S. The Morgan fingerprint density at radius 3 is 2.53 bits per heavy atom. The molecule has 2 bridgehead atoms. The van der Waals surface area contributed by atoms with Gasteiger partial charge in [0.15, 0.2) is 0 Å². The number of sulfonamides is 1. The zero-order valence-corrected chi connectivity index (χ0v) is 26.5. The summed E-state index contributed by atoms with van der Waals surface area (Å²) in [6.45, 7) is 4.15. The zero-order valence-electron chi connectivity index (χ0n) is 25.7. The normalized spacial score (nSPS) is 25.7. The standard InChI is InChI=1S/C32H42F3N3O6S/c1-21(2)44-23-12-13-24-25(18-23)26-19-30(24)43-15-8-7-11-28(38(3)45(41,42)16-14-32(33,34)35)31(40)37-27(29(39)20-36-26)17-22-9-5-4-6-10-22/h4-10,12-13,18,21,26-30,36,39H,11,14-17,19-20H2,1-3H3,(H,37,40)/b8-7-/t26-,27-,28-,29+,30+/m0/s1. The summed E-state index contributed by atoms with van der Waals surface area (Å²) in [5.74, 6) is -1.19. The number of nitrogens with one attached hydrogen (secondary N) is 2. The van der Waals surface area contributed by atoms with E-state index in [9.17, 15) is 31.5 Å². The quantitative estimate of drug-likeness (QED) is 0.366. The Labute approximate surface area is 262 Å². The third kappa shape index (κ3) is 9.76. The largest absolute Gasteiger partial charge is 0.491 e. The number of rotatable bonds is 8. The van der Waals surface area contributed by atoms with Crippen molar-refractivity contribution in [2.75, 3.05) is 26.0 Å². The van der Waals surface area contributed by atoms with Gasteiger partial charge in [0.2, 0.25) is 15.9 Å². The molecule has 2 aromatic rings. The van der Waals surface area contributed by atoms with E-state index in [1.807, 2.05) is 62.4 Å². The molecule has 0 aromatic heterocycles. The maximum absolute atomic E-state index is 13.7. The van der Waals surface area contributed by atoms with Gasteiger partial charge in [0.05, 0.1) is 43.1 Å². The molecule has 0 spiro atoms. The van der Waals surface area contributed by atoms with Gasteiger partial charge in [0.1, 0.15) is 11.8 Å². The Bertz CT molecular complexity index is 1420. The zero-order chi connectivity index (χ0) is 32.8. The number of hydrogen-bond donors (Lipinski definition) is 3. The lowest BCUT2D eigenvalue weighted by molar-refractivity contribution is -0.130. The summed E-state index contributed by atoms with van der Waals surface area (Å²) in [6.07, 6.45) is -3.59. The van der Waals surface area contributed by atoms with Crippen LogP contribution in [0.15, 0.2) is 60.7 Å². The molecule has 4 rings (SSSR count). The van der Waals surface area contributed by atoms with Crippen LogP contribution in [0.1, 0.15) is 61.9 Å². The smallest absolute Gasteiger partial charge is 0.390 e. The van der Waals surface area contributed by atoms with E-state index in [1.54, 1.807) is 12.2 Å². The lowest BCUT2D eigenvalue weighted by Crippen LogP contribution is -2.55. The molecule has 0 unspecified atom stereocenters. The van der Waals surface area contributed by atoms with Gasteiger partial charge in [-0.15, -0.1) is 0 Å². The number of hydrogen-bond acceptors (Lipinski definition) is 7. The fraction of sp³-hybridized carbons (Fsp3) is 0.531. The highest BCUT2D eigenvalue weighted by Crippen LogP contribution is 2.42. The monoisotopic (exact) mass is 653 g/mol. The third-order valence-corrected chi connectivity index (χ3v) is 9.86. The minimum atomic E-state index is -4.67. The first kappa shape index (κ1) is 34.9. The molecule has 248 valence electrons. The second kappa shape index (κ2) is 15.1. The van der Waals surface area contributed by atoms with Crippen LogP contribution in [-0.2, 0) is 26.0 Å². The molecule has 0 radical (unpaired) electrons. The summed E-state index contributed by atoms with van der Waals surface area (Å²) in [6, 6.07) is 12.7. The Kier molecular flexibility index (Phi) is 11.7. The number of aliphatic hydroxyl groups excluding tert-OH is 1. The first-order valence-corrected chi connectivity index (χ1v) is 16.7. The van der Waals surface area contributed by atoms with Crippen LogP contribution in [0.4, 0.5) is 13.2 Å². The van der Waals surface area contributed by atoms with Crippen molar-refractivity contribution in [2.24, 2.45) is 0 Å². The van der Waals surface area contributed by atoms with Crippen molar-refractivity contribution < 1.29 is 41.0 Å². The molecule has 5 atom stereocenters. The lowest BCUT2D eigenvalue weighted by atomic mass is 9.99. The number of likely N-dealkylation sites (N-methyl/N-ethyl adjacent to an activating group) is 1. The SMILES string of the molecule is CC(C)Oc1ccc2c(c1)[C@@H]1C[C@H]2OC/C=C\C[C@H](N(C)S(=O)(=O)CCC(F)(F)F)C(=O)N[C@@H](Cc2ccccc2)[C@H](O)CN1. The number of β-amino-alcohol motifs (C(OH)–C–C–N with tert-alkyl or cyclic N) is 1. The van der Waals surface area contributed by atoms with E-state index in [4.69, 9.17) is 9.47 Å². The topological polar surface area (TPSA) is 117 Å². The van der Waals surface area contributed by atoms with Crippen molar-refractivity contribution in [1.82, 2.24) is 14.9 Å². The molecule has 1 aliphatic heterocycles. The number of carbonyl (C=O) groups excluding carboxylic acids is 1. The second-order valence-corrected chi connectivity index (χ2v) is 13.9. The molecule has 0 saturated heterocycles. The summed E-state index contributed by atoms with van der Waals surface area (Å²) < 4.78 is 77.2. The van der Waals surface area contributed by atoms with Crippen LogP contribution < -0.4 is 15.4 Å². The summed E-state index contributed by atoms with van der Waals surface area (Å²) in [5, 5.41) is 17.6. The fourth-order valence-corrected chi connectivity index (χ4v) is 6.96. The predicted molar refractivity (Wildman–Crippen MR) is 164 cm³/mol. The van der Waals surface area contributed by atoms with Gasteiger partial charge in [-0.2, -0.15) is 17.5 Å². The minimum Gasteiger partial charge on any atom is -0.491 e. The molecule has 13 heteroatoms. The van der Waals surface area contributed by atoms with E-state index in [0.29, 0.717) is 10.7 Å². The first-order chi connectivity index (χ1) is 21.2. The van der Waals surface area contributed by atoms with Gasteiger partial charge >= 0.3 is 6.18 Å². The Morgan fingerprint density at radius 2 is 1.84 bits per heavy atom. The van der Waals surface area contributed by atoms with Gasteiger partial charge in [0.25, 0.3) is 0 Å². The molecule has 0 fully saturated rings. The van der Waals surface area contributed by atoms with Crippen molar-refractivity contribution >= 4 is 15.9 Å². The number of carbonyl (C=O) groups is 1. The molecule has 2 aliphatic rings. The fourth-order valence-electron chi connectivity index (χ4n) is 5.62. The number of aliphatic hydroxyl groups is 1. The van der Waals surface area contributed by atoms with Crippen LogP contribution in [0.3, 0.4) is 0 Å². The lowest BCUT2D eigenvalue weighted by Gasteiger charge is -2.31. The highest BCUT2D eigenvalue weighted by atomic mass is 32.2. The molecule has 1 amide bonds. The molecule has 1 aliphatic carbocycles. The van der Waals surface area contributed by atoms with Crippen LogP contribution in [-0.4, -0.2) is 80.2 Å². The second-order valence-electron chi connectivity index (χ2n) is 11.8. The Hall–Kier alpha value is -2.97. The van der Waals surface area contributed by atoms with Gasteiger partial charge < -0.3 is 25.2 Å². The van der Waals surface area contributed by atoms with Gasteiger partial charge in [-0.05, 0) is 61.9 Å². The van der Waals surface area contributed by atoms with E-state index in [1.165, 1.54) is 0 Å². The summed E-state index contributed by atoms with van der Waals surface area (Å²) >= 11 is 0. The minimum absolute atomic E-state index is 0.00901. The number of amides is 1. The molecule has 0 saturated carbocycles. The van der Waals surface area contributed by atoms with E-state index in [0.717, 1.165) is 29.5 Å². The molecule has 2 aromatic carbocycles. The van der Waals surface area contributed by atoms with Crippen molar-refractivity contribution in [3.63, 3.8) is 0 Å². The molecule has 1 heterocycles. The van der Waals surface area contributed by atoms with E-state index in [2.05, 4.69) is 10.6 Å². The van der Waals surface area contributed by atoms with Crippen molar-refractivity contribution in [1.29, 1.82) is 0 Å². The highest BCUT2D eigenvalue weighted by Gasteiger charge is 2.37. The van der Waals surface area contributed by atoms with E-state index < -0.39 is 52.5 Å². The number of alkyl halides is 3. The number of benzene rings is 2.